The standard InChI is InChI=1S/C14H23NO/c1-3-5-7-11-8-9-14(16)12(10-11)13(15)6-4-2/h8-10,13,16H,3-7,15H2,1-2H3. The molecule has 0 aliphatic heterocycles. The van der Waals surface area contributed by atoms with Crippen molar-refractivity contribution in [2.75, 3.05) is 0 Å². The molecular formula is C14H23NO. The molecule has 1 aromatic carbocycles. The second kappa shape index (κ2) is 6.54. The van der Waals surface area contributed by atoms with E-state index >= 15 is 0 Å². The van der Waals surface area contributed by atoms with Gasteiger partial charge in [0.1, 0.15) is 5.75 Å². The van der Waals surface area contributed by atoms with Crippen LogP contribution in [0.25, 0.3) is 0 Å². The zero-order valence-electron chi connectivity index (χ0n) is 10.4. The molecule has 2 nitrogen and oxygen atoms in total. The number of phenols is 1. The van der Waals surface area contributed by atoms with Crippen LogP contribution in [0, 0.1) is 0 Å². The van der Waals surface area contributed by atoms with Crippen molar-refractivity contribution in [1.29, 1.82) is 0 Å². The summed E-state index contributed by atoms with van der Waals surface area (Å²) in [4.78, 5) is 0. The van der Waals surface area contributed by atoms with Crippen LogP contribution in [0.4, 0.5) is 0 Å². The summed E-state index contributed by atoms with van der Waals surface area (Å²) in [6.45, 7) is 4.29. The number of unbranched alkanes of at least 4 members (excludes halogenated alkanes) is 1. The number of rotatable bonds is 6. The Hall–Kier alpha value is -1.02. The molecule has 2 heteroatoms. The second-order valence-electron chi connectivity index (χ2n) is 4.39. The first kappa shape index (κ1) is 13.0. The highest BCUT2D eigenvalue weighted by Crippen LogP contribution is 2.27. The van der Waals surface area contributed by atoms with E-state index in [4.69, 9.17) is 5.73 Å². The smallest absolute Gasteiger partial charge is 0.120 e. The van der Waals surface area contributed by atoms with Gasteiger partial charge in [0.15, 0.2) is 0 Å². The average Bonchev–Trinajstić information content (AvgIpc) is 2.28. The molecule has 0 aliphatic rings. The van der Waals surface area contributed by atoms with Gasteiger partial charge in [-0.2, -0.15) is 0 Å². The van der Waals surface area contributed by atoms with Gasteiger partial charge in [0.05, 0.1) is 0 Å². The zero-order chi connectivity index (χ0) is 12.0. The summed E-state index contributed by atoms with van der Waals surface area (Å²) in [5.41, 5.74) is 8.22. The molecule has 0 aliphatic carbocycles. The lowest BCUT2D eigenvalue weighted by molar-refractivity contribution is 0.457. The van der Waals surface area contributed by atoms with Crippen LogP contribution in [0.5, 0.6) is 5.75 Å². The van der Waals surface area contributed by atoms with Gasteiger partial charge in [-0.25, -0.2) is 0 Å². The van der Waals surface area contributed by atoms with Gasteiger partial charge < -0.3 is 10.8 Å². The van der Waals surface area contributed by atoms with Crippen molar-refractivity contribution in [2.24, 2.45) is 5.73 Å². The van der Waals surface area contributed by atoms with Gasteiger partial charge in [0, 0.05) is 11.6 Å². The van der Waals surface area contributed by atoms with Gasteiger partial charge in [-0.3, -0.25) is 0 Å². The fourth-order valence-electron chi connectivity index (χ4n) is 1.90. The van der Waals surface area contributed by atoms with Crippen molar-refractivity contribution < 1.29 is 5.11 Å². The first-order valence-electron chi connectivity index (χ1n) is 6.26. The van der Waals surface area contributed by atoms with Crippen molar-refractivity contribution in [2.45, 2.75) is 52.0 Å². The molecule has 0 heterocycles. The fraction of sp³-hybridized carbons (Fsp3) is 0.571. The first-order valence-corrected chi connectivity index (χ1v) is 6.26. The number of benzene rings is 1. The minimum absolute atomic E-state index is 0.0356. The molecule has 90 valence electrons. The Morgan fingerprint density at radius 2 is 2.00 bits per heavy atom. The van der Waals surface area contributed by atoms with Gasteiger partial charge in [-0.05, 0) is 30.9 Å². The Bertz CT molecular complexity index is 323. The molecule has 1 unspecified atom stereocenters. The average molecular weight is 221 g/mol. The molecule has 0 amide bonds. The molecule has 1 aromatic rings. The summed E-state index contributed by atoms with van der Waals surface area (Å²) in [5.74, 6) is 0.334. The van der Waals surface area contributed by atoms with E-state index in [1.54, 1.807) is 6.07 Å². The van der Waals surface area contributed by atoms with E-state index in [0.717, 1.165) is 24.8 Å². The summed E-state index contributed by atoms with van der Waals surface area (Å²) in [6, 6.07) is 5.79. The summed E-state index contributed by atoms with van der Waals surface area (Å²) in [7, 11) is 0. The van der Waals surface area contributed by atoms with Crippen molar-refractivity contribution in [3.63, 3.8) is 0 Å². The number of aromatic hydroxyl groups is 1. The molecule has 0 spiro atoms. The molecule has 0 aromatic heterocycles. The number of phenolic OH excluding ortho intramolecular Hbond substituents is 1. The fourth-order valence-corrected chi connectivity index (χ4v) is 1.90. The number of hydrogen-bond acceptors (Lipinski definition) is 2. The lowest BCUT2D eigenvalue weighted by atomic mass is 9.98. The van der Waals surface area contributed by atoms with Crippen molar-refractivity contribution in [3.05, 3.63) is 29.3 Å². The van der Waals surface area contributed by atoms with Gasteiger partial charge in [0.2, 0.25) is 0 Å². The molecule has 1 atom stereocenters. The normalized spacial score (nSPS) is 12.7. The molecule has 3 N–H and O–H groups in total. The molecule has 0 saturated carbocycles. The third-order valence-corrected chi connectivity index (χ3v) is 2.91. The van der Waals surface area contributed by atoms with Crippen LogP contribution < -0.4 is 5.73 Å². The van der Waals surface area contributed by atoms with Gasteiger partial charge in [0.25, 0.3) is 0 Å². The molecule has 1 rings (SSSR count). The lowest BCUT2D eigenvalue weighted by Gasteiger charge is -2.14. The monoisotopic (exact) mass is 221 g/mol. The summed E-state index contributed by atoms with van der Waals surface area (Å²) >= 11 is 0. The van der Waals surface area contributed by atoms with Crippen molar-refractivity contribution in [1.82, 2.24) is 0 Å². The molecule has 0 bridgehead atoms. The quantitative estimate of drug-likeness (QED) is 0.772. The summed E-state index contributed by atoms with van der Waals surface area (Å²) in [5, 5.41) is 9.78. The van der Waals surface area contributed by atoms with Crippen LogP contribution in [0.15, 0.2) is 18.2 Å². The second-order valence-corrected chi connectivity index (χ2v) is 4.39. The maximum absolute atomic E-state index is 9.78. The number of aryl methyl sites for hydroxylation is 1. The van der Waals surface area contributed by atoms with Crippen molar-refractivity contribution in [3.8, 4) is 5.75 Å². The molecule has 16 heavy (non-hydrogen) atoms. The van der Waals surface area contributed by atoms with Crippen LogP contribution in [0.3, 0.4) is 0 Å². The Morgan fingerprint density at radius 3 is 2.62 bits per heavy atom. The third kappa shape index (κ3) is 3.53. The summed E-state index contributed by atoms with van der Waals surface area (Å²) in [6.07, 6.45) is 5.41. The van der Waals surface area contributed by atoms with Crippen molar-refractivity contribution >= 4 is 0 Å². The van der Waals surface area contributed by atoms with E-state index in [1.807, 2.05) is 6.07 Å². The molecule has 0 radical (unpaired) electrons. The van der Waals surface area contributed by atoms with Crippen LogP contribution >= 0.6 is 0 Å². The van der Waals surface area contributed by atoms with E-state index in [0.29, 0.717) is 5.75 Å². The van der Waals surface area contributed by atoms with Crippen LogP contribution in [0.2, 0.25) is 0 Å². The number of nitrogens with two attached hydrogens (primary N) is 1. The first-order chi connectivity index (χ1) is 7.69. The topological polar surface area (TPSA) is 46.2 Å². The van der Waals surface area contributed by atoms with E-state index in [-0.39, 0.29) is 6.04 Å². The maximum Gasteiger partial charge on any atom is 0.120 e. The Labute approximate surface area is 98.5 Å². The predicted octanol–water partition coefficient (Wildman–Crippen LogP) is 3.53. The number of hydrogen-bond donors (Lipinski definition) is 2. The predicted molar refractivity (Wildman–Crippen MR) is 68.6 cm³/mol. The maximum atomic E-state index is 9.78. The van der Waals surface area contributed by atoms with Gasteiger partial charge in [-0.1, -0.05) is 38.8 Å². The highest BCUT2D eigenvalue weighted by atomic mass is 16.3. The van der Waals surface area contributed by atoms with Crippen LogP contribution in [0.1, 0.15) is 56.7 Å². The summed E-state index contributed by atoms with van der Waals surface area (Å²) < 4.78 is 0. The van der Waals surface area contributed by atoms with Crippen LogP contribution in [-0.4, -0.2) is 5.11 Å². The largest absolute Gasteiger partial charge is 0.508 e. The minimum Gasteiger partial charge on any atom is -0.508 e. The van der Waals surface area contributed by atoms with Gasteiger partial charge >= 0.3 is 0 Å². The van der Waals surface area contributed by atoms with E-state index in [2.05, 4.69) is 19.9 Å². The molecular weight excluding hydrogens is 198 g/mol. The van der Waals surface area contributed by atoms with Gasteiger partial charge in [-0.15, -0.1) is 0 Å². The highest BCUT2D eigenvalue weighted by Gasteiger charge is 2.10. The zero-order valence-corrected chi connectivity index (χ0v) is 10.4. The Kier molecular flexibility index (Phi) is 5.33. The lowest BCUT2D eigenvalue weighted by Crippen LogP contribution is -2.10. The van der Waals surface area contributed by atoms with Crippen LogP contribution in [-0.2, 0) is 6.42 Å². The Morgan fingerprint density at radius 1 is 1.25 bits per heavy atom. The van der Waals surface area contributed by atoms with E-state index in [9.17, 15) is 5.11 Å². The highest BCUT2D eigenvalue weighted by molar-refractivity contribution is 5.38. The molecule has 0 fully saturated rings. The van der Waals surface area contributed by atoms with E-state index in [1.165, 1.54) is 18.4 Å². The SMILES string of the molecule is CCCCc1ccc(O)c(C(N)CCC)c1. The Balaban J connectivity index is 2.81. The minimum atomic E-state index is -0.0356. The van der Waals surface area contributed by atoms with E-state index < -0.39 is 0 Å². The third-order valence-electron chi connectivity index (χ3n) is 2.91. The molecule has 0 saturated heterocycles.